The van der Waals surface area contributed by atoms with Crippen molar-refractivity contribution in [3.63, 3.8) is 0 Å². The Balaban J connectivity index is 1.41. The fourth-order valence-electron chi connectivity index (χ4n) is 2.84. The molecule has 3 aromatic rings. The molecular formula is C20H15N5O6. The number of non-ortho nitro benzene ring substituents is 1. The van der Waals surface area contributed by atoms with Crippen LogP contribution in [0.4, 0.5) is 11.4 Å². The van der Waals surface area contributed by atoms with E-state index in [1.54, 1.807) is 24.3 Å². The maximum absolute atomic E-state index is 12.4. The number of benzene rings is 2. The predicted octanol–water partition coefficient (Wildman–Crippen LogP) is 2.87. The third-order valence-electron chi connectivity index (χ3n) is 4.39. The molecule has 1 amide bonds. The molecule has 0 fully saturated rings. The first-order valence-corrected chi connectivity index (χ1v) is 9.21. The van der Waals surface area contributed by atoms with Crippen LogP contribution >= 0.6 is 0 Å². The van der Waals surface area contributed by atoms with Crippen LogP contribution in [0.2, 0.25) is 0 Å². The van der Waals surface area contributed by atoms with Gasteiger partial charge in [0.05, 0.1) is 10.6 Å². The Hall–Kier alpha value is -4.41. The molecule has 4 rings (SSSR count). The van der Waals surface area contributed by atoms with Crippen LogP contribution in [0.1, 0.15) is 18.7 Å². The molecule has 156 valence electrons. The molecule has 0 radical (unpaired) electrons. The molecule has 11 heteroatoms. The van der Waals surface area contributed by atoms with Crippen LogP contribution in [0, 0.1) is 10.1 Å². The van der Waals surface area contributed by atoms with Gasteiger partial charge in [0.2, 0.25) is 11.8 Å². The van der Waals surface area contributed by atoms with Crippen LogP contribution in [0.25, 0.3) is 11.5 Å². The molecule has 2 heterocycles. The van der Waals surface area contributed by atoms with Crippen molar-refractivity contribution in [1.82, 2.24) is 10.2 Å². The van der Waals surface area contributed by atoms with Crippen LogP contribution in [0.5, 0.6) is 0 Å². The van der Waals surface area contributed by atoms with Gasteiger partial charge in [-0.1, -0.05) is 18.2 Å². The molecule has 0 saturated carbocycles. The predicted molar refractivity (Wildman–Crippen MR) is 107 cm³/mol. The van der Waals surface area contributed by atoms with Gasteiger partial charge < -0.3 is 9.15 Å². The van der Waals surface area contributed by atoms with Gasteiger partial charge in [-0.3, -0.25) is 14.9 Å². The molecular weight excluding hydrogens is 406 g/mol. The Morgan fingerprint density at radius 2 is 1.84 bits per heavy atom. The number of rotatable bonds is 6. The summed E-state index contributed by atoms with van der Waals surface area (Å²) in [5.41, 5.74) is 1.10. The summed E-state index contributed by atoms with van der Waals surface area (Å²) in [6, 6.07) is 14.4. The van der Waals surface area contributed by atoms with Crippen molar-refractivity contribution < 1.29 is 23.7 Å². The van der Waals surface area contributed by atoms with Crippen LogP contribution in [-0.4, -0.2) is 32.7 Å². The summed E-state index contributed by atoms with van der Waals surface area (Å²) in [5, 5.41) is 23.7. The van der Waals surface area contributed by atoms with E-state index in [9.17, 15) is 19.7 Å². The number of hydrogen-bond acceptors (Lipinski definition) is 9. The maximum atomic E-state index is 12.4. The van der Waals surface area contributed by atoms with Crippen molar-refractivity contribution in [3.05, 3.63) is 70.6 Å². The molecule has 1 aromatic heterocycles. The number of hydrazone groups is 1. The van der Waals surface area contributed by atoms with Gasteiger partial charge in [-0.2, -0.15) is 5.10 Å². The fraction of sp³-hybridized carbons (Fsp3) is 0.150. The van der Waals surface area contributed by atoms with Gasteiger partial charge in [0, 0.05) is 30.5 Å². The Bertz CT molecular complexity index is 1160. The van der Waals surface area contributed by atoms with Gasteiger partial charge in [-0.25, -0.2) is 9.80 Å². The number of hydrogen-bond donors (Lipinski definition) is 0. The third-order valence-corrected chi connectivity index (χ3v) is 4.39. The average Bonchev–Trinajstić information content (AvgIpc) is 3.27. The standard InChI is InChI=1S/C20H15N5O6/c26-18-11-10-16(23-24(18)14-4-2-1-3-5-14)20(27)30-12-17-21-22-19(31-17)13-6-8-15(9-7-13)25(28)29/h1-9H,10-12H2. The SMILES string of the molecule is O=C(OCc1nnc(-c2ccc([N+](=O)[O-])cc2)o1)C1=NN(c2ccccc2)C(=O)CC1. The summed E-state index contributed by atoms with van der Waals surface area (Å²) in [6.07, 6.45) is 0.298. The normalized spacial score (nSPS) is 13.6. The Morgan fingerprint density at radius 1 is 1.10 bits per heavy atom. The molecule has 0 spiro atoms. The van der Waals surface area contributed by atoms with Gasteiger partial charge in [-0.05, 0) is 24.3 Å². The Kier molecular flexibility index (Phi) is 5.47. The van der Waals surface area contributed by atoms with Crippen LogP contribution in [0.3, 0.4) is 0 Å². The number of para-hydroxylation sites is 1. The number of ether oxygens (including phenoxy) is 1. The first kappa shape index (κ1) is 19.9. The Morgan fingerprint density at radius 3 is 2.55 bits per heavy atom. The summed E-state index contributed by atoms with van der Waals surface area (Å²) >= 11 is 0. The van der Waals surface area contributed by atoms with E-state index in [0.717, 1.165) is 0 Å². The number of nitrogens with zero attached hydrogens (tertiary/aromatic N) is 5. The van der Waals surface area contributed by atoms with Gasteiger partial charge in [0.15, 0.2) is 6.61 Å². The molecule has 1 aliphatic rings. The van der Waals surface area contributed by atoms with Crippen LogP contribution in [-0.2, 0) is 20.9 Å². The molecule has 0 unspecified atom stereocenters. The van der Waals surface area contributed by atoms with Gasteiger partial charge in [-0.15, -0.1) is 10.2 Å². The first-order chi connectivity index (χ1) is 15.0. The first-order valence-electron chi connectivity index (χ1n) is 9.21. The highest BCUT2D eigenvalue weighted by Gasteiger charge is 2.26. The topological polar surface area (TPSA) is 141 Å². The van der Waals surface area contributed by atoms with Gasteiger partial charge in [0.25, 0.3) is 11.6 Å². The molecule has 0 atom stereocenters. The zero-order valence-electron chi connectivity index (χ0n) is 16.0. The largest absolute Gasteiger partial charge is 0.451 e. The number of carbonyl (C=O) groups excluding carboxylic acids is 2. The number of esters is 1. The quantitative estimate of drug-likeness (QED) is 0.336. The van der Waals surface area contributed by atoms with Crippen molar-refractivity contribution in [3.8, 4) is 11.5 Å². The van der Waals surface area contributed by atoms with E-state index in [0.29, 0.717) is 11.3 Å². The van der Waals surface area contributed by atoms with Gasteiger partial charge in [0.1, 0.15) is 5.71 Å². The maximum Gasteiger partial charge on any atom is 0.355 e. The number of amides is 1. The van der Waals surface area contributed by atoms with Crippen LogP contribution < -0.4 is 5.01 Å². The van der Waals surface area contributed by atoms with E-state index in [1.165, 1.54) is 29.3 Å². The van der Waals surface area contributed by atoms with E-state index >= 15 is 0 Å². The summed E-state index contributed by atoms with van der Waals surface area (Å²) in [4.78, 5) is 34.7. The summed E-state index contributed by atoms with van der Waals surface area (Å²) in [7, 11) is 0. The second-order valence-corrected chi connectivity index (χ2v) is 6.47. The lowest BCUT2D eigenvalue weighted by atomic mass is 10.1. The van der Waals surface area contributed by atoms with Gasteiger partial charge >= 0.3 is 5.97 Å². The van der Waals surface area contributed by atoms with Crippen molar-refractivity contribution in [2.24, 2.45) is 5.10 Å². The summed E-state index contributed by atoms with van der Waals surface area (Å²) in [6.45, 7) is -0.281. The zero-order valence-corrected chi connectivity index (χ0v) is 16.0. The molecule has 31 heavy (non-hydrogen) atoms. The number of nitro groups is 1. The van der Waals surface area contributed by atoms with Crippen molar-refractivity contribution in [2.45, 2.75) is 19.4 Å². The van der Waals surface area contributed by atoms with Crippen molar-refractivity contribution in [1.29, 1.82) is 0 Å². The van der Waals surface area contributed by atoms with E-state index in [1.807, 2.05) is 6.07 Å². The van der Waals surface area contributed by atoms with E-state index in [4.69, 9.17) is 9.15 Å². The summed E-state index contributed by atoms with van der Waals surface area (Å²) in [5.74, 6) is -0.721. The monoisotopic (exact) mass is 421 g/mol. The minimum absolute atomic E-state index is 0.0501. The minimum atomic E-state index is -0.691. The second kappa shape index (κ2) is 8.53. The molecule has 11 nitrogen and oxygen atoms in total. The number of aromatic nitrogens is 2. The molecule has 1 aliphatic heterocycles. The van der Waals surface area contributed by atoms with E-state index < -0.39 is 10.9 Å². The average molecular weight is 421 g/mol. The molecule has 0 saturated heterocycles. The highest BCUT2D eigenvalue weighted by molar-refractivity contribution is 6.37. The highest BCUT2D eigenvalue weighted by Crippen LogP contribution is 2.22. The smallest absolute Gasteiger partial charge is 0.355 e. The fourth-order valence-corrected chi connectivity index (χ4v) is 2.84. The molecule has 0 N–H and O–H groups in total. The van der Waals surface area contributed by atoms with Crippen LogP contribution in [0.15, 0.2) is 64.1 Å². The minimum Gasteiger partial charge on any atom is -0.451 e. The van der Waals surface area contributed by atoms with E-state index in [-0.39, 0.29) is 48.5 Å². The lowest BCUT2D eigenvalue weighted by Crippen LogP contribution is -2.34. The zero-order chi connectivity index (χ0) is 21.8. The lowest BCUT2D eigenvalue weighted by molar-refractivity contribution is -0.384. The molecule has 0 aliphatic carbocycles. The van der Waals surface area contributed by atoms with Crippen molar-refractivity contribution >= 4 is 29.0 Å². The highest BCUT2D eigenvalue weighted by atomic mass is 16.6. The summed E-state index contributed by atoms with van der Waals surface area (Å²) < 4.78 is 10.6. The number of nitro benzene ring substituents is 1. The number of anilines is 1. The van der Waals surface area contributed by atoms with E-state index in [2.05, 4.69) is 15.3 Å². The second-order valence-electron chi connectivity index (χ2n) is 6.47. The van der Waals surface area contributed by atoms with Crippen molar-refractivity contribution in [2.75, 3.05) is 5.01 Å². The third kappa shape index (κ3) is 4.45. The molecule has 0 bridgehead atoms. The lowest BCUT2D eigenvalue weighted by Gasteiger charge is -2.22. The Labute approximate surface area is 175 Å². The molecule has 2 aromatic carbocycles. The number of carbonyl (C=O) groups is 2.